The van der Waals surface area contributed by atoms with Crippen LogP contribution >= 0.6 is 0 Å². The molecule has 11 heavy (non-hydrogen) atoms. The van der Waals surface area contributed by atoms with Crippen LogP contribution in [0.1, 0.15) is 13.3 Å². The summed E-state index contributed by atoms with van der Waals surface area (Å²) in [5.41, 5.74) is 5.23. The molecule has 5 N–H and O–H groups in total. The summed E-state index contributed by atoms with van der Waals surface area (Å²) in [6.07, 6.45) is -2.21. The van der Waals surface area contributed by atoms with Crippen LogP contribution in [0.25, 0.3) is 0 Å². The molecule has 0 aromatic heterocycles. The second-order valence-electron chi connectivity index (χ2n) is 2.53. The van der Waals surface area contributed by atoms with Crippen LogP contribution in [0.2, 0.25) is 0 Å². The molecule has 0 amide bonds. The van der Waals surface area contributed by atoms with Crippen molar-refractivity contribution in [1.29, 1.82) is 0 Å². The number of hydrogen-bond donors (Lipinski definition) is 4. The Morgan fingerprint density at radius 2 is 2.00 bits per heavy atom. The highest BCUT2D eigenvalue weighted by molar-refractivity contribution is 5.72. The van der Waals surface area contributed by atoms with E-state index in [2.05, 4.69) is 0 Å². The van der Waals surface area contributed by atoms with Crippen molar-refractivity contribution in [3.8, 4) is 0 Å². The lowest BCUT2D eigenvalue weighted by molar-refractivity contribution is -0.148. The molecule has 0 saturated carbocycles. The van der Waals surface area contributed by atoms with E-state index in [1.807, 2.05) is 0 Å². The number of aliphatic hydroxyl groups excluding tert-OH is 2. The van der Waals surface area contributed by atoms with Gasteiger partial charge in [0.1, 0.15) is 0 Å². The van der Waals surface area contributed by atoms with Gasteiger partial charge in [0, 0.05) is 6.04 Å². The van der Waals surface area contributed by atoms with Gasteiger partial charge in [0.05, 0.1) is 6.10 Å². The highest BCUT2D eigenvalue weighted by Gasteiger charge is 2.22. The molecule has 0 bridgehead atoms. The van der Waals surface area contributed by atoms with Gasteiger partial charge in [0.25, 0.3) is 0 Å². The quantitative estimate of drug-likeness (QED) is 0.405. The molecule has 0 fully saturated rings. The number of rotatable bonds is 4. The summed E-state index contributed by atoms with van der Waals surface area (Å²) in [4.78, 5) is 10.1. The van der Waals surface area contributed by atoms with E-state index in [9.17, 15) is 4.79 Å². The van der Waals surface area contributed by atoms with E-state index in [0.717, 1.165) is 0 Å². The SMILES string of the molecule is C[C@H](O)C[C@@H](N)[C@H](O)C(=O)O. The monoisotopic (exact) mass is 163 g/mol. The molecular weight excluding hydrogens is 150 g/mol. The van der Waals surface area contributed by atoms with Crippen LogP contribution in [0.4, 0.5) is 0 Å². The van der Waals surface area contributed by atoms with Crippen molar-refractivity contribution < 1.29 is 20.1 Å². The standard InChI is InChI=1S/C6H13NO4/c1-3(8)2-4(7)5(9)6(10)11/h3-5,8-9H,2,7H2,1H3,(H,10,11)/t3-,4+,5-/m0/s1. The van der Waals surface area contributed by atoms with Gasteiger partial charge in [-0.15, -0.1) is 0 Å². The van der Waals surface area contributed by atoms with Crippen LogP contribution in [0.15, 0.2) is 0 Å². The highest BCUT2D eigenvalue weighted by atomic mass is 16.4. The number of carbonyl (C=O) groups is 1. The minimum absolute atomic E-state index is 0.0769. The van der Waals surface area contributed by atoms with E-state index in [1.165, 1.54) is 6.92 Å². The topological polar surface area (TPSA) is 104 Å². The van der Waals surface area contributed by atoms with Crippen molar-refractivity contribution in [2.24, 2.45) is 5.73 Å². The summed E-state index contributed by atoms with van der Waals surface area (Å²) in [5, 5.41) is 25.8. The molecule has 0 aromatic carbocycles. The van der Waals surface area contributed by atoms with Gasteiger partial charge < -0.3 is 21.1 Å². The van der Waals surface area contributed by atoms with Crippen molar-refractivity contribution in [2.45, 2.75) is 31.6 Å². The maximum atomic E-state index is 10.1. The maximum Gasteiger partial charge on any atom is 0.334 e. The molecule has 0 unspecified atom stereocenters. The number of nitrogens with two attached hydrogens (primary N) is 1. The molecular formula is C6H13NO4. The summed E-state index contributed by atoms with van der Waals surface area (Å²) < 4.78 is 0. The molecule has 0 heterocycles. The number of aliphatic hydroxyl groups is 2. The molecule has 0 spiro atoms. The predicted molar refractivity (Wildman–Crippen MR) is 37.9 cm³/mol. The molecule has 66 valence electrons. The Hall–Kier alpha value is -0.650. The molecule has 0 aliphatic heterocycles. The Bertz CT molecular complexity index is 137. The first-order valence-corrected chi connectivity index (χ1v) is 3.29. The average Bonchev–Trinajstić information content (AvgIpc) is 1.84. The van der Waals surface area contributed by atoms with Crippen molar-refractivity contribution in [2.75, 3.05) is 0 Å². The van der Waals surface area contributed by atoms with Crippen molar-refractivity contribution in [3.63, 3.8) is 0 Å². The van der Waals surface area contributed by atoms with Gasteiger partial charge >= 0.3 is 5.97 Å². The zero-order valence-electron chi connectivity index (χ0n) is 6.27. The fourth-order valence-corrected chi connectivity index (χ4v) is 0.706. The molecule has 0 aliphatic carbocycles. The number of aliphatic carboxylic acids is 1. The van der Waals surface area contributed by atoms with E-state index in [4.69, 9.17) is 21.1 Å². The van der Waals surface area contributed by atoms with E-state index in [0.29, 0.717) is 0 Å². The molecule has 3 atom stereocenters. The van der Waals surface area contributed by atoms with Gasteiger partial charge in [-0.25, -0.2) is 4.79 Å². The lowest BCUT2D eigenvalue weighted by Gasteiger charge is -2.15. The summed E-state index contributed by atoms with van der Waals surface area (Å²) >= 11 is 0. The second-order valence-corrected chi connectivity index (χ2v) is 2.53. The van der Waals surface area contributed by atoms with Crippen LogP contribution < -0.4 is 5.73 Å². The van der Waals surface area contributed by atoms with Gasteiger partial charge in [-0.05, 0) is 13.3 Å². The van der Waals surface area contributed by atoms with Crippen LogP contribution in [0, 0.1) is 0 Å². The first-order chi connectivity index (χ1) is 4.95. The number of carboxylic acids is 1. The van der Waals surface area contributed by atoms with Gasteiger partial charge in [0.2, 0.25) is 0 Å². The Labute approximate surface area is 64.4 Å². The Balaban J connectivity index is 3.82. The van der Waals surface area contributed by atoms with Gasteiger partial charge in [-0.2, -0.15) is 0 Å². The second kappa shape index (κ2) is 4.27. The van der Waals surface area contributed by atoms with Crippen molar-refractivity contribution in [1.82, 2.24) is 0 Å². The summed E-state index contributed by atoms with van der Waals surface area (Å²) in [7, 11) is 0. The van der Waals surface area contributed by atoms with E-state index in [-0.39, 0.29) is 6.42 Å². The van der Waals surface area contributed by atoms with Crippen LogP contribution in [-0.2, 0) is 4.79 Å². The molecule has 5 heteroatoms. The third-order valence-electron chi connectivity index (χ3n) is 1.27. The first-order valence-electron chi connectivity index (χ1n) is 3.29. The largest absolute Gasteiger partial charge is 0.479 e. The molecule has 0 aromatic rings. The molecule has 0 aliphatic rings. The van der Waals surface area contributed by atoms with E-state index in [1.54, 1.807) is 0 Å². The third-order valence-corrected chi connectivity index (χ3v) is 1.27. The zero-order valence-corrected chi connectivity index (χ0v) is 6.27. The summed E-state index contributed by atoms with van der Waals surface area (Å²) in [5.74, 6) is -1.36. The Morgan fingerprint density at radius 1 is 1.55 bits per heavy atom. The van der Waals surface area contributed by atoms with Crippen molar-refractivity contribution in [3.05, 3.63) is 0 Å². The fourth-order valence-electron chi connectivity index (χ4n) is 0.706. The lowest BCUT2D eigenvalue weighted by atomic mass is 10.1. The predicted octanol–water partition coefficient (Wildman–Crippen LogP) is -1.47. The third kappa shape index (κ3) is 3.92. The number of hydrogen-bond acceptors (Lipinski definition) is 4. The van der Waals surface area contributed by atoms with E-state index < -0.39 is 24.2 Å². The lowest BCUT2D eigenvalue weighted by Crippen LogP contribution is -2.42. The van der Waals surface area contributed by atoms with Gasteiger partial charge in [0.15, 0.2) is 6.10 Å². The average molecular weight is 163 g/mol. The van der Waals surface area contributed by atoms with Crippen LogP contribution in [-0.4, -0.2) is 39.5 Å². The minimum Gasteiger partial charge on any atom is -0.479 e. The number of carboxylic acid groups (broad SMARTS) is 1. The molecule has 0 saturated heterocycles. The normalized spacial score (nSPS) is 18.9. The zero-order chi connectivity index (χ0) is 9.02. The fraction of sp³-hybridized carbons (Fsp3) is 0.833. The first kappa shape index (κ1) is 10.3. The Morgan fingerprint density at radius 3 is 2.27 bits per heavy atom. The van der Waals surface area contributed by atoms with Crippen LogP contribution in [0.5, 0.6) is 0 Å². The van der Waals surface area contributed by atoms with E-state index >= 15 is 0 Å². The molecule has 5 nitrogen and oxygen atoms in total. The highest BCUT2D eigenvalue weighted by Crippen LogP contribution is 2.00. The van der Waals surface area contributed by atoms with Crippen molar-refractivity contribution >= 4 is 5.97 Å². The summed E-state index contributed by atoms with van der Waals surface area (Å²) in [6, 6.07) is -0.910. The smallest absolute Gasteiger partial charge is 0.334 e. The maximum absolute atomic E-state index is 10.1. The molecule has 0 rings (SSSR count). The molecule has 0 radical (unpaired) electrons. The minimum atomic E-state index is -1.59. The Kier molecular flexibility index (Phi) is 4.02. The van der Waals surface area contributed by atoms with Gasteiger partial charge in [-0.1, -0.05) is 0 Å². The van der Waals surface area contributed by atoms with Crippen LogP contribution in [0.3, 0.4) is 0 Å². The summed E-state index contributed by atoms with van der Waals surface area (Å²) in [6.45, 7) is 1.48. The van der Waals surface area contributed by atoms with Gasteiger partial charge in [-0.3, -0.25) is 0 Å².